The molecule has 5 nitrogen and oxygen atoms in total. The molecule has 11 heteroatoms. The third-order valence-corrected chi connectivity index (χ3v) is 4.53. The normalized spacial score (nSPS) is 21.1. The van der Waals surface area contributed by atoms with Crippen molar-refractivity contribution in [2.75, 3.05) is 26.0 Å². The molecule has 0 aliphatic carbocycles. The molecule has 3 rings (SSSR count). The highest BCUT2D eigenvalue weighted by molar-refractivity contribution is 6.13. The second-order valence-electron chi connectivity index (χ2n) is 6.75. The maximum absolute atomic E-state index is 14.0. The Kier molecular flexibility index (Phi) is 4.77. The maximum atomic E-state index is 14.0. The van der Waals surface area contributed by atoms with Crippen molar-refractivity contribution in [1.29, 1.82) is 0 Å². The molecule has 0 saturated carbocycles. The van der Waals surface area contributed by atoms with Crippen molar-refractivity contribution < 1.29 is 36.2 Å². The molecule has 2 heterocycles. The number of nitrogens with one attached hydrogen (secondary N) is 1. The lowest BCUT2D eigenvalue weighted by atomic mass is 9.79. The van der Waals surface area contributed by atoms with Gasteiger partial charge in [-0.1, -0.05) is 6.07 Å². The van der Waals surface area contributed by atoms with E-state index in [-0.39, 0.29) is 16.6 Å². The highest BCUT2D eigenvalue weighted by Crippen LogP contribution is 2.51. The minimum atomic E-state index is -5.32. The zero-order valence-corrected chi connectivity index (χ0v) is 15.1. The van der Waals surface area contributed by atoms with E-state index < -0.39 is 47.0 Å². The van der Waals surface area contributed by atoms with E-state index in [1.807, 2.05) is 0 Å². The van der Waals surface area contributed by atoms with E-state index in [0.29, 0.717) is 6.07 Å². The first kappa shape index (κ1) is 20.9. The number of pyridine rings is 1. The molecule has 0 fully saturated rings. The molecule has 0 radical (unpaired) electrons. The second-order valence-corrected chi connectivity index (χ2v) is 6.75. The zero-order valence-electron chi connectivity index (χ0n) is 15.1. The lowest BCUT2D eigenvalue weighted by Crippen LogP contribution is -2.49. The van der Waals surface area contributed by atoms with Crippen molar-refractivity contribution in [2.45, 2.75) is 18.0 Å². The van der Waals surface area contributed by atoms with Gasteiger partial charge in [-0.25, -0.2) is 0 Å². The number of anilines is 1. The van der Waals surface area contributed by atoms with Crippen LogP contribution in [0.2, 0.25) is 0 Å². The molecule has 29 heavy (non-hydrogen) atoms. The summed E-state index contributed by atoms with van der Waals surface area (Å²) in [6, 6.07) is 2.86. The Hall–Kier alpha value is -2.82. The quantitative estimate of drug-likeness (QED) is 0.575. The summed E-state index contributed by atoms with van der Waals surface area (Å²) in [5, 5.41) is 13.2. The number of nitrogens with zero attached hydrogens (tertiary/aromatic N) is 2. The molecule has 1 aromatic carbocycles. The highest BCUT2D eigenvalue weighted by atomic mass is 19.4. The fourth-order valence-corrected chi connectivity index (χ4v) is 3.32. The lowest BCUT2D eigenvalue weighted by molar-refractivity contribution is -0.250. The Balaban J connectivity index is 2.44. The van der Waals surface area contributed by atoms with Crippen LogP contribution < -0.4 is 5.32 Å². The van der Waals surface area contributed by atoms with Crippen molar-refractivity contribution in [2.24, 2.45) is 0 Å². The molecule has 2 N–H and O–H groups in total. The summed E-state index contributed by atoms with van der Waals surface area (Å²) in [7, 11) is 2.86. The van der Waals surface area contributed by atoms with E-state index in [4.69, 9.17) is 0 Å². The third-order valence-electron chi connectivity index (χ3n) is 4.53. The third kappa shape index (κ3) is 3.28. The van der Waals surface area contributed by atoms with Gasteiger partial charge in [0.15, 0.2) is 0 Å². The number of rotatable bonds is 2. The Morgan fingerprint density at radius 1 is 1.28 bits per heavy atom. The van der Waals surface area contributed by atoms with Gasteiger partial charge in [0.25, 0.3) is 5.78 Å². The number of carbonyl (C=O) groups excluding carboxylic acids is 1. The Morgan fingerprint density at radius 2 is 1.93 bits per heavy atom. The molecule has 0 bridgehead atoms. The first-order valence-electron chi connectivity index (χ1n) is 8.22. The summed E-state index contributed by atoms with van der Waals surface area (Å²) in [5.74, 6) is -2.33. The van der Waals surface area contributed by atoms with Crippen molar-refractivity contribution in [1.82, 2.24) is 9.88 Å². The molecule has 1 atom stereocenters. The van der Waals surface area contributed by atoms with Gasteiger partial charge in [-0.05, 0) is 12.1 Å². The topological polar surface area (TPSA) is 65.5 Å². The number of alkyl halides is 6. The first-order chi connectivity index (χ1) is 13.3. The Bertz CT molecular complexity index is 1010. The largest absolute Gasteiger partial charge is 0.454 e. The van der Waals surface area contributed by atoms with Crippen molar-refractivity contribution in [3.8, 4) is 0 Å². The predicted octanol–water partition coefficient (Wildman–Crippen LogP) is 3.60. The number of hydrogen-bond acceptors (Lipinski definition) is 5. The lowest BCUT2D eigenvalue weighted by Gasteiger charge is -2.39. The van der Waals surface area contributed by atoms with Crippen molar-refractivity contribution >= 4 is 22.4 Å². The molecule has 1 aromatic heterocycles. The summed E-state index contributed by atoms with van der Waals surface area (Å²) in [6.07, 6.45) is -8.40. The smallest absolute Gasteiger partial charge is 0.383 e. The average Bonchev–Trinajstić information content (AvgIpc) is 2.60. The highest BCUT2D eigenvalue weighted by Gasteiger charge is 2.60. The number of carbonyl (C=O) groups is 1. The predicted molar refractivity (Wildman–Crippen MR) is 92.3 cm³/mol. The van der Waals surface area contributed by atoms with E-state index >= 15 is 0 Å². The summed E-state index contributed by atoms with van der Waals surface area (Å²) < 4.78 is 81.3. The van der Waals surface area contributed by atoms with Gasteiger partial charge < -0.3 is 15.3 Å². The zero-order chi connectivity index (χ0) is 21.8. The van der Waals surface area contributed by atoms with Crippen LogP contribution in [0.5, 0.6) is 0 Å². The molecule has 1 unspecified atom stereocenters. The molecular weight excluding hydrogens is 404 g/mol. The summed E-state index contributed by atoms with van der Waals surface area (Å²) in [4.78, 5) is 17.1. The summed E-state index contributed by atoms with van der Waals surface area (Å²) in [5.41, 5.74) is -6.63. The molecule has 0 spiro atoms. The van der Waals surface area contributed by atoms with Gasteiger partial charge in [-0.15, -0.1) is 0 Å². The van der Waals surface area contributed by atoms with Gasteiger partial charge in [0.1, 0.15) is 0 Å². The monoisotopic (exact) mass is 419 g/mol. The number of hydrogen-bond donors (Lipinski definition) is 2. The summed E-state index contributed by atoms with van der Waals surface area (Å²) >= 11 is 0. The summed E-state index contributed by atoms with van der Waals surface area (Å²) in [6.45, 7) is -0.431. The number of aromatic nitrogens is 1. The Labute approximate surface area is 160 Å². The standard InChI is InChI=1S/C18H15F6N3O2/c1-27(2)8-9-7-26-14-12(16(9,29)18(22,23)24)6-11(15(28)17(19,20)21)10-4-3-5-25-13(10)14/h3-6,8,26,29H,7H2,1-2H3/b9-8+. The van der Waals surface area contributed by atoms with Crippen LogP contribution in [0.1, 0.15) is 15.9 Å². The Morgan fingerprint density at radius 3 is 2.48 bits per heavy atom. The number of ketones is 1. The van der Waals surface area contributed by atoms with Crippen molar-refractivity contribution in [3.63, 3.8) is 0 Å². The van der Waals surface area contributed by atoms with Gasteiger partial charge in [-0.2, -0.15) is 26.3 Å². The number of aliphatic hydroxyl groups is 1. The average molecular weight is 419 g/mol. The minimum absolute atomic E-state index is 0.273. The van der Waals surface area contributed by atoms with E-state index in [9.17, 15) is 36.2 Å². The minimum Gasteiger partial charge on any atom is -0.383 e. The fraction of sp³-hybridized carbons (Fsp3) is 0.333. The molecule has 1 aliphatic heterocycles. The van der Waals surface area contributed by atoms with Crippen LogP contribution in [-0.4, -0.2) is 53.8 Å². The van der Waals surface area contributed by atoms with E-state index in [1.165, 1.54) is 31.3 Å². The van der Waals surface area contributed by atoms with Crippen molar-refractivity contribution in [3.05, 3.63) is 47.3 Å². The maximum Gasteiger partial charge on any atom is 0.454 e. The van der Waals surface area contributed by atoms with Crippen LogP contribution in [0.15, 0.2) is 36.2 Å². The van der Waals surface area contributed by atoms with Gasteiger partial charge >= 0.3 is 12.4 Å². The number of benzene rings is 1. The number of fused-ring (bicyclic) bond motifs is 3. The fourth-order valence-electron chi connectivity index (χ4n) is 3.32. The molecular formula is C18H15F6N3O2. The SMILES string of the molecule is CN(C)/C=C1\CNc2c(cc(C(=O)C(F)(F)F)c3cccnc23)C1(O)C(F)(F)F. The van der Waals surface area contributed by atoms with Gasteiger partial charge in [0.05, 0.1) is 11.2 Å². The molecule has 156 valence electrons. The van der Waals surface area contributed by atoms with Crippen LogP contribution >= 0.6 is 0 Å². The van der Waals surface area contributed by atoms with Crippen LogP contribution in [0.3, 0.4) is 0 Å². The molecule has 1 aliphatic rings. The van der Waals surface area contributed by atoms with Gasteiger partial charge in [0.2, 0.25) is 5.60 Å². The van der Waals surface area contributed by atoms with Crippen LogP contribution in [-0.2, 0) is 5.60 Å². The second kappa shape index (κ2) is 6.61. The first-order valence-corrected chi connectivity index (χ1v) is 8.22. The number of halogens is 6. The van der Waals surface area contributed by atoms with E-state index in [0.717, 1.165) is 12.3 Å². The van der Waals surface area contributed by atoms with E-state index in [1.54, 1.807) is 0 Å². The molecule has 0 amide bonds. The van der Waals surface area contributed by atoms with Crippen LogP contribution in [0, 0.1) is 0 Å². The molecule has 0 saturated heterocycles. The van der Waals surface area contributed by atoms with E-state index in [2.05, 4.69) is 10.3 Å². The molecule has 2 aromatic rings. The van der Waals surface area contributed by atoms with Crippen LogP contribution in [0.4, 0.5) is 32.0 Å². The van der Waals surface area contributed by atoms with Crippen LogP contribution in [0.25, 0.3) is 10.9 Å². The van der Waals surface area contributed by atoms with Gasteiger partial charge in [0, 0.05) is 55.1 Å². The van der Waals surface area contributed by atoms with Gasteiger partial charge in [-0.3, -0.25) is 9.78 Å². The number of Topliss-reactive ketones (excluding diaryl/α,β-unsaturated/α-hetero) is 1.